The molecule has 46 heavy (non-hydrogen) atoms. The summed E-state index contributed by atoms with van der Waals surface area (Å²) in [6.45, 7) is 8.91. The molecule has 12 nitrogen and oxygen atoms in total. The first-order chi connectivity index (χ1) is 21.8. The third-order valence-corrected chi connectivity index (χ3v) is 10.6. The van der Waals surface area contributed by atoms with Crippen LogP contribution in [0.5, 0.6) is 0 Å². The number of carbonyl (C=O) groups excluding carboxylic acids is 5. The van der Waals surface area contributed by atoms with E-state index in [-0.39, 0.29) is 56.7 Å². The minimum atomic E-state index is -3.91. The maximum absolute atomic E-state index is 14.3. The number of benzene rings is 1. The van der Waals surface area contributed by atoms with Crippen LogP contribution in [-0.2, 0) is 47.0 Å². The minimum absolute atomic E-state index is 0.00402. The van der Waals surface area contributed by atoms with E-state index in [9.17, 15) is 36.8 Å². The van der Waals surface area contributed by atoms with Crippen molar-refractivity contribution in [1.29, 1.82) is 0 Å². The number of hydrogen-bond donors (Lipinski definition) is 2. The highest BCUT2D eigenvalue weighted by Crippen LogP contribution is 2.45. The van der Waals surface area contributed by atoms with Crippen LogP contribution in [-0.4, -0.2) is 77.3 Å². The van der Waals surface area contributed by atoms with Crippen LogP contribution in [0.25, 0.3) is 0 Å². The van der Waals surface area contributed by atoms with Crippen molar-refractivity contribution in [1.82, 2.24) is 19.8 Å². The molecule has 0 radical (unpaired) electrons. The molecule has 0 aromatic heterocycles. The minimum Gasteiger partial charge on any atom is -0.444 e. The fraction of sp³-hybridized carbons (Fsp3) is 0.469. The summed E-state index contributed by atoms with van der Waals surface area (Å²) in [6, 6.07) is 3.34. The SMILES string of the molecule is C=C[C@@H]1C[C@]1(NC(=O)C1C[C@@H](OC(=O)N2Cc3cccc(F)c3C2)CN1C(=O)C(=C)CCC(=O)C#CC)C(=O)NS(=O)(=O)C1CC1. The Labute approximate surface area is 266 Å². The van der Waals surface area contributed by atoms with Gasteiger partial charge >= 0.3 is 6.09 Å². The lowest BCUT2D eigenvalue weighted by Gasteiger charge is -2.27. The number of Topliss-reactive ketones (excluding diaryl/α,β-unsaturated/α-hetero) is 1. The highest BCUT2D eigenvalue weighted by Gasteiger charge is 2.62. The summed E-state index contributed by atoms with van der Waals surface area (Å²) in [5.74, 6) is 1.20. The number of sulfonamides is 1. The Hall–Kier alpha value is -4.51. The van der Waals surface area contributed by atoms with Gasteiger partial charge in [-0.25, -0.2) is 17.6 Å². The van der Waals surface area contributed by atoms with Crippen molar-refractivity contribution >= 4 is 39.6 Å². The molecule has 4 aliphatic rings. The molecule has 2 N–H and O–H groups in total. The van der Waals surface area contributed by atoms with Crippen LogP contribution < -0.4 is 10.0 Å². The number of halogens is 1. The molecule has 4 atom stereocenters. The van der Waals surface area contributed by atoms with Crippen molar-refractivity contribution in [2.75, 3.05) is 6.54 Å². The maximum atomic E-state index is 14.3. The van der Waals surface area contributed by atoms with Gasteiger partial charge in [-0.2, -0.15) is 0 Å². The van der Waals surface area contributed by atoms with E-state index in [1.54, 1.807) is 12.1 Å². The number of rotatable bonds is 11. The van der Waals surface area contributed by atoms with Crippen molar-refractivity contribution in [2.24, 2.45) is 5.92 Å². The van der Waals surface area contributed by atoms with E-state index < -0.39 is 68.5 Å². The smallest absolute Gasteiger partial charge is 0.410 e. The molecule has 5 rings (SSSR count). The maximum Gasteiger partial charge on any atom is 0.410 e. The zero-order valence-electron chi connectivity index (χ0n) is 25.3. The fourth-order valence-corrected chi connectivity index (χ4v) is 7.24. The lowest BCUT2D eigenvalue weighted by atomic mass is 10.1. The molecule has 2 aliphatic heterocycles. The molecule has 4 amide bonds. The molecule has 2 aliphatic carbocycles. The van der Waals surface area contributed by atoms with E-state index in [0.717, 1.165) is 0 Å². The summed E-state index contributed by atoms with van der Waals surface area (Å²) in [6.07, 6.45) is 0.484. The second kappa shape index (κ2) is 12.7. The molecule has 244 valence electrons. The molecule has 0 spiro atoms. The van der Waals surface area contributed by atoms with E-state index >= 15 is 0 Å². The molecule has 1 saturated heterocycles. The van der Waals surface area contributed by atoms with E-state index in [0.29, 0.717) is 24.0 Å². The van der Waals surface area contributed by atoms with Gasteiger partial charge in [-0.15, -0.1) is 6.58 Å². The molecule has 1 aromatic carbocycles. The van der Waals surface area contributed by atoms with Crippen LogP contribution in [0.2, 0.25) is 0 Å². The van der Waals surface area contributed by atoms with Crippen LogP contribution in [0.1, 0.15) is 56.6 Å². The summed E-state index contributed by atoms with van der Waals surface area (Å²) in [4.78, 5) is 68.0. The average Bonchev–Trinajstić information content (AvgIpc) is 3.90. The molecule has 2 heterocycles. The van der Waals surface area contributed by atoms with Gasteiger partial charge in [0.25, 0.3) is 5.91 Å². The second-order valence-electron chi connectivity index (χ2n) is 12.0. The van der Waals surface area contributed by atoms with Crippen molar-refractivity contribution in [3.8, 4) is 11.8 Å². The average molecular weight is 655 g/mol. The topological polar surface area (TPSA) is 159 Å². The molecule has 1 aromatic rings. The number of fused-ring (bicyclic) bond motifs is 1. The number of hydrogen-bond acceptors (Lipinski definition) is 8. The summed E-state index contributed by atoms with van der Waals surface area (Å²) < 4.78 is 47.0. The molecule has 3 fully saturated rings. The Kier molecular flexibility index (Phi) is 9.08. The number of carbonyl (C=O) groups is 5. The number of ether oxygens (including phenoxy) is 1. The number of likely N-dealkylation sites (tertiary alicyclic amines) is 1. The van der Waals surface area contributed by atoms with Gasteiger partial charge in [0, 0.05) is 36.4 Å². The van der Waals surface area contributed by atoms with Crippen molar-refractivity contribution in [2.45, 2.75) is 81.5 Å². The Balaban J connectivity index is 1.31. The van der Waals surface area contributed by atoms with Gasteiger partial charge in [0.1, 0.15) is 23.5 Å². The van der Waals surface area contributed by atoms with Gasteiger partial charge in [0.2, 0.25) is 27.6 Å². The summed E-state index contributed by atoms with van der Waals surface area (Å²) in [5.41, 5.74) is -0.533. The summed E-state index contributed by atoms with van der Waals surface area (Å²) in [5, 5.41) is 1.99. The van der Waals surface area contributed by atoms with Gasteiger partial charge in [-0.1, -0.05) is 30.7 Å². The molecule has 14 heteroatoms. The molecule has 1 unspecified atom stereocenters. The Bertz CT molecular complexity index is 1690. The molecule has 0 bridgehead atoms. The van der Waals surface area contributed by atoms with Crippen LogP contribution in [0.3, 0.4) is 0 Å². The lowest BCUT2D eigenvalue weighted by Crippen LogP contribution is -2.56. The van der Waals surface area contributed by atoms with Crippen LogP contribution in [0, 0.1) is 23.6 Å². The number of nitrogens with one attached hydrogen (secondary N) is 2. The van der Waals surface area contributed by atoms with Gasteiger partial charge in [0.15, 0.2) is 0 Å². The monoisotopic (exact) mass is 654 g/mol. The number of nitrogens with zero attached hydrogens (tertiary/aromatic N) is 2. The van der Waals surface area contributed by atoms with Crippen LogP contribution >= 0.6 is 0 Å². The van der Waals surface area contributed by atoms with Gasteiger partial charge < -0.3 is 15.0 Å². The highest BCUT2D eigenvalue weighted by atomic mass is 32.2. The zero-order valence-corrected chi connectivity index (χ0v) is 26.2. The third kappa shape index (κ3) is 6.69. The quantitative estimate of drug-likeness (QED) is 0.158. The Morgan fingerprint density at radius 1 is 1.17 bits per heavy atom. The first-order valence-corrected chi connectivity index (χ1v) is 16.5. The lowest BCUT2D eigenvalue weighted by molar-refractivity contribution is -0.137. The first-order valence-electron chi connectivity index (χ1n) is 15.0. The van der Waals surface area contributed by atoms with Gasteiger partial charge in [-0.05, 0) is 50.2 Å². The standard InChI is InChI=1S/C32H35FN4O8S/c1-4-7-22(38)11-10-19(3)29(40)37-17-23(45-31(42)36-16-20-8-6-9-26(33)25(20)18-36)14-27(37)28(39)34-32(15-21(32)5-2)30(41)35-46(43,44)24-12-13-24/h5-6,8-9,21,23-24,27H,2-3,10-18H2,1H3,(H,34,39)(H,35,41)/t21-,23-,27?,32-/m1/s1. The number of ketones is 1. The highest BCUT2D eigenvalue weighted by molar-refractivity contribution is 7.91. The predicted molar refractivity (Wildman–Crippen MR) is 162 cm³/mol. The van der Waals surface area contributed by atoms with Gasteiger partial charge in [0.05, 0.1) is 18.3 Å². The molecular formula is C32H35FN4O8S. The van der Waals surface area contributed by atoms with Crippen LogP contribution in [0.4, 0.5) is 9.18 Å². The van der Waals surface area contributed by atoms with Gasteiger partial charge in [-0.3, -0.25) is 28.8 Å². The van der Waals surface area contributed by atoms with Crippen LogP contribution in [0.15, 0.2) is 43.0 Å². The third-order valence-electron chi connectivity index (χ3n) is 8.75. The normalized spacial score (nSPS) is 24.6. The largest absolute Gasteiger partial charge is 0.444 e. The predicted octanol–water partition coefficient (Wildman–Crippen LogP) is 1.85. The fourth-order valence-electron chi connectivity index (χ4n) is 5.88. The summed E-state index contributed by atoms with van der Waals surface area (Å²) in [7, 11) is -3.91. The Morgan fingerprint density at radius 3 is 2.54 bits per heavy atom. The zero-order chi connectivity index (χ0) is 33.4. The van der Waals surface area contributed by atoms with E-state index in [4.69, 9.17) is 4.74 Å². The van der Waals surface area contributed by atoms with E-state index in [1.807, 2.05) is 0 Å². The second-order valence-corrected chi connectivity index (χ2v) is 14.0. The molecule has 2 saturated carbocycles. The Morgan fingerprint density at radius 2 is 1.91 bits per heavy atom. The van der Waals surface area contributed by atoms with Crippen molar-refractivity contribution < 1.29 is 41.5 Å². The van der Waals surface area contributed by atoms with Crippen molar-refractivity contribution in [3.63, 3.8) is 0 Å². The van der Waals surface area contributed by atoms with E-state index in [2.05, 4.69) is 35.0 Å². The van der Waals surface area contributed by atoms with E-state index in [1.165, 1.54) is 28.9 Å². The summed E-state index contributed by atoms with van der Waals surface area (Å²) >= 11 is 0. The first kappa shape index (κ1) is 32.9. The number of amides is 4. The van der Waals surface area contributed by atoms with Crippen molar-refractivity contribution in [3.05, 3.63) is 60.0 Å². The molecular weight excluding hydrogens is 619 g/mol.